The lowest BCUT2D eigenvalue weighted by Gasteiger charge is -2.26. The van der Waals surface area contributed by atoms with Crippen molar-refractivity contribution in [1.82, 2.24) is 20.4 Å². The molecule has 2 aromatic heterocycles. The van der Waals surface area contributed by atoms with Gasteiger partial charge in [-0.15, -0.1) is 11.3 Å². The van der Waals surface area contributed by atoms with E-state index in [0.717, 1.165) is 30.8 Å². The van der Waals surface area contributed by atoms with Crippen LogP contribution < -0.4 is 5.32 Å². The zero-order chi connectivity index (χ0) is 18.2. The Morgan fingerprint density at radius 3 is 2.85 bits per heavy atom. The molecule has 1 aliphatic heterocycles. The number of rotatable bonds is 8. The first-order valence-electron chi connectivity index (χ1n) is 9.13. The zero-order valence-corrected chi connectivity index (χ0v) is 15.6. The summed E-state index contributed by atoms with van der Waals surface area (Å²) in [5.74, 6) is 1.23. The summed E-state index contributed by atoms with van der Waals surface area (Å²) in [6.07, 6.45) is 5.34. The number of likely N-dealkylation sites (tertiary alicyclic amines) is 1. The van der Waals surface area contributed by atoms with E-state index in [1.54, 1.807) is 11.3 Å². The maximum atomic E-state index is 12.0. The van der Waals surface area contributed by atoms with Crippen LogP contribution in [-0.2, 0) is 16.0 Å². The molecule has 1 aliphatic rings. The molecule has 0 aromatic carbocycles. The predicted molar refractivity (Wildman–Crippen MR) is 98.6 cm³/mol. The number of hydrogen-bond donors (Lipinski definition) is 1. The highest BCUT2D eigenvalue weighted by atomic mass is 32.1. The number of aryl methyl sites for hydroxylation is 1. The van der Waals surface area contributed by atoms with Crippen LogP contribution in [0.1, 0.15) is 44.4 Å². The smallest absolute Gasteiger partial charge is 0.226 e. The number of carbonyl (C=O) groups excluding carboxylic acids is 2. The Balaban J connectivity index is 1.30. The van der Waals surface area contributed by atoms with Crippen molar-refractivity contribution in [2.24, 2.45) is 0 Å². The quantitative estimate of drug-likeness (QED) is 0.765. The van der Waals surface area contributed by atoms with Gasteiger partial charge in [0, 0.05) is 38.9 Å². The number of piperidine rings is 1. The molecule has 0 aliphatic carbocycles. The maximum Gasteiger partial charge on any atom is 0.226 e. The fraction of sp³-hybridized carbons (Fsp3) is 0.556. The fourth-order valence-corrected chi connectivity index (χ4v) is 3.61. The summed E-state index contributed by atoms with van der Waals surface area (Å²) in [6, 6.07) is 3.88. The van der Waals surface area contributed by atoms with E-state index >= 15 is 0 Å². The topological polar surface area (TPSA) is 88.3 Å². The van der Waals surface area contributed by atoms with Crippen LogP contribution in [0.5, 0.6) is 0 Å². The SMILES string of the molecule is O=C(CCCc1nc(-c2cccs2)no1)NCCC(=O)N1CCCCC1. The Kier molecular flexibility index (Phi) is 6.76. The first kappa shape index (κ1) is 18.6. The molecule has 2 aromatic rings. The highest BCUT2D eigenvalue weighted by Crippen LogP contribution is 2.21. The second-order valence-electron chi connectivity index (χ2n) is 6.38. The van der Waals surface area contributed by atoms with Gasteiger partial charge in [-0.3, -0.25) is 9.59 Å². The zero-order valence-electron chi connectivity index (χ0n) is 14.8. The minimum absolute atomic E-state index is 0.0468. The third-order valence-electron chi connectivity index (χ3n) is 4.37. The highest BCUT2D eigenvalue weighted by molar-refractivity contribution is 7.13. The van der Waals surface area contributed by atoms with Gasteiger partial charge in [0.1, 0.15) is 0 Å². The van der Waals surface area contributed by atoms with Gasteiger partial charge in [-0.05, 0) is 37.1 Å². The van der Waals surface area contributed by atoms with Crippen molar-refractivity contribution in [3.05, 3.63) is 23.4 Å². The molecule has 1 saturated heterocycles. The molecule has 26 heavy (non-hydrogen) atoms. The number of hydrogen-bond acceptors (Lipinski definition) is 6. The van der Waals surface area contributed by atoms with E-state index in [2.05, 4.69) is 15.5 Å². The molecule has 3 heterocycles. The van der Waals surface area contributed by atoms with Crippen molar-refractivity contribution in [1.29, 1.82) is 0 Å². The lowest BCUT2D eigenvalue weighted by molar-refractivity contribution is -0.132. The van der Waals surface area contributed by atoms with Crippen LogP contribution in [0.4, 0.5) is 0 Å². The van der Waals surface area contributed by atoms with Gasteiger partial charge in [-0.25, -0.2) is 0 Å². The van der Waals surface area contributed by atoms with E-state index in [-0.39, 0.29) is 11.8 Å². The Hall–Kier alpha value is -2.22. The van der Waals surface area contributed by atoms with Crippen molar-refractivity contribution >= 4 is 23.2 Å². The summed E-state index contributed by atoms with van der Waals surface area (Å²) in [7, 11) is 0. The minimum Gasteiger partial charge on any atom is -0.356 e. The Morgan fingerprint density at radius 2 is 2.08 bits per heavy atom. The molecular formula is C18H24N4O3S. The van der Waals surface area contributed by atoms with Crippen LogP contribution in [-0.4, -0.2) is 46.5 Å². The standard InChI is InChI=1S/C18H24N4O3S/c23-15(19-10-9-17(24)22-11-2-1-3-12-22)7-4-8-16-20-18(21-25-16)14-6-5-13-26-14/h5-6,13H,1-4,7-12H2,(H,19,23). The van der Waals surface area contributed by atoms with Crippen LogP contribution in [0.15, 0.2) is 22.0 Å². The monoisotopic (exact) mass is 376 g/mol. The van der Waals surface area contributed by atoms with Crippen molar-refractivity contribution in [3.63, 3.8) is 0 Å². The van der Waals surface area contributed by atoms with Gasteiger partial charge < -0.3 is 14.7 Å². The predicted octanol–water partition coefficient (Wildman–Crippen LogP) is 2.64. The molecule has 0 bridgehead atoms. The maximum absolute atomic E-state index is 12.0. The summed E-state index contributed by atoms with van der Waals surface area (Å²) < 4.78 is 5.21. The number of aromatic nitrogens is 2. The molecule has 3 rings (SSSR count). The van der Waals surface area contributed by atoms with E-state index < -0.39 is 0 Å². The van der Waals surface area contributed by atoms with Crippen molar-refractivity contribution in [3.8, 4) is 10.7 Å². The summed E-state index contributed by atoms with van der Waals surface area (Å²) in [5.41, 5.74) is 0. The molecule has 1 N–H and O–H groups in total. The largest absolute Gasteiger partial charge is 0.356 e. The Bertz CT molecular complexity index is 708. The molecule has 0 spiro atoms. The Morgan fingerprint density at radius 1 is 1.23 bits per heavy atom. The van der Waals surface area contributed by atoms with E-state index in [4.69, 9.17) is 4.52 Å². The van der Waals surface area contributed by atoms with E-state index in [1.807, 2.05) is 22.4 Å². The molecule has 0 saturated carbocycles. The van der Waals surface area contributed by atoms with E-state index in [0.29, 0.717) is 43.9 Å². The molecule has 0 radical (unpaired) electrons. The summed E-state index contributed by atoms with van der Waals surface area (Å²) >= 11 is 1.56. The molecule has 2 amide bonds. The second-order valence-corrected chi connectivity index (χ2v) is 7.33. The molecule has 7 nitrogen and oxygen atoms in total. The Labute approximate surface area is 156 Å². The molecule has 140 valence electrons. The van der Waals surface area contributed by atoms with Crippen LogP contribution >= 0.6 is 11.3 Å². The van der Waals surface area contributed by atoms with Crippen molar-refractivity contribution < 1.29 is 14.1 Å². The number of thiophene rings is 1. The van der Waals surface area contributed by atoms with Gasteiger partial charge in [-0.2, -0.15) is 4.98 Å². The lowest BCUT2D eigenvalue weighted by Crippen LogP contribution is -2.37. The van der Waals surface area contributed by atoms with E-state index in [9.17, 15) is 9.59 Å². The van der Waals surface area contributed by atoms with Gasteiger partial charge in [0.2, 0.25) is 23.5 Å². The third kappa shape index (κ3) is 5.39. The highest BCUT2D eigenvalue weighted by Gasteiger charge is 2.16. The number of amides is 2. The van der Waals surface area contributed by atoms with Crippen LogP contribution in [0.2, 0.25) is 0 Å². The minimum atomic E-state index is -0.0468. The lowest BCUT2D eigenvalue weighted by atomic mass is 10.1. The first-order valence-corrected chi connectivity index (χ1v) is 10.0. The third-order valence-corrected chi connectivity index (χ3v) is 5.24. The molecule has 0 unspecified atom stereocenters. The molecule has 8 heteroatoms. The molecular weight excluding hydrogens is 352 g/mol. The van der Waals surface area contributed by atoms with Crippen LogP contribution in [0.3, 0.4) is 0 Å². The van der Waals surface area contributed by atoms with Gasteiger partial charge in [0.25, 0.3) is 0 Å². The second kappa shape index (κ2) is 9.47. The number of carbonyl (C=O) groups is 2. The van der Waals surface area contributed by atoms with Gasteiger partial charge >= 0.3 is 0 Å². The van der Waals surface area contributed by atoms with E-state index in [1.165, 1.54) is 6.42 Å². The molecule has 0 atom stereocenters. The van der Waals surface area contributed by atoms with Crippen molar-refractivity contribution in [2.75, 3.05) is 19.6 Å². The van der Waals surface area contributed by atoms with Gasteiger partial charge in [-0.1, -0.05) is 11.2 Å². The van der Waals surface area contributed by atoms with Gasteiger partial charge in [0.05, 0.1) is 4.88 Å². The van der Waals surface area contributed by atoms with Crippen LogP contribution in [0.25, 0.3) is 10.7 Å². The van der Waals surface area contributed by atoms with Crippen LogP contribution in [0, 0.1) is 0 Å². The normalized spacial score (nSPS) is 14.4. The van der Waals surface area contributed by atoms with Crippen molar-refractivity contribution in [2.45, 2.75) is 44.9 Å². The number of nitrogens with one attached hydrogen (secondary N) is 1. The number of nitrogens with zero attached hydrogens (tertiary/aromatic N) is 3. The summed E-state index contributed by atoms with van der Waals surface area (Å²) in [6.45, 7) is 2.10. The first-order chi connectivity index (χ1) is 12.7. The molecule has 1 fully saturated rings. The average molecular weight is 376 g/mol. The fourth-order valence-electron chi connectivity index (χ4n) is 2.96. The summed E-state index contributed by atoms with van der Waals surface area (Å²) in [4.78, 5) is 31.1. The summed E-state index contributed by atoms with van der Waals surface area (Å²) in [5, 5.41) is 8.73. The van der Waals surface area contributed by atoms with Gasteiger partial charge in [0.15, 0.2) is 0 Å². The average Bonchev–Trinajstić information content (AvgIpc) is 3.34.